The average Bonchev–Trinajstić information content (AvgIpc) is 2.87. The summed E-state index contributed by atoms with van der Waals surface area (Å²) in [5.41, 5.74) is -1.26. The van der Waals surface area contributed by atoms with Crippen molar-refractivity contribution in [2.75, 3.05) is 5.32 Å². The first kappa shape index (κ1) is 15.1. The topological polar surface area (TPSA) is 55.1 Å². The summed E-state index contributed by atoms with van der Waals surface area (Å²) in [6, 6.07) is 6.19. The lowest BCUT2D eigenvalue weighted by Gasteiger charge is -2.12. The second-order valence-electron chi connectivity index (χ2n) is 4.43. The summed E-state index contributed by atoms with van der Waals surface area (Å²) in [6.45, 7) is 1.93. The van der Waals surface area contributed by atoms with Crippen molar-refractivity contribution in [2.45, 2.75) is 25.9 Å². The Bertz CT molecular complexity index is 635. The molecule has 1 heterocycles. The maximum atomic E-state index is 12.8. The van der Waals surface area contributed by atoms with Crippen LogP contribution in [-0.4, -0.2) is 11.1 Å². The summed E-state index contributed by atoms with van der Waals surface area (Å²) in [7, 11) is 0. The summed E-state index contributed by atoms with van der Waals surface area (Å²) in [6.07, 6.45) is -3.12. The maximum absolute atomic E-state index is 12.8. The lowest BCUT2D eigenvalue weighted by molar-refractivity contribution is -0.136. The highest BCUT2D eigenvalue weighted by atomic mass is 19.4. The fraction of sp³-hybridized carbons (Fsp3) is 0.286. The summed E-state index contributed by atoms with van der Waals surface area (Å²) in [5.74, 6) is -0.218. The largest absolute Gasteiger partial charge is 0.418 e. The number of nitrogens with one attached hydrogen (secondary N) is 1. The quantitative estimate of drug-likeness (QED) is 0.931. The van der Waals surface area contributed by atoms with E-state index in [9.17, 15) is 18.0 Å². The highest BCUT2D eigenvalue weighted by Gasteiger charge is 2.33. The molecule has 21 heavy (non-hydrogen) atoms. The first-order valence-corrected chi connectivity index (χ1v) is 6.35. The summed E-state index contributed by atoms with van der Waals surface area (Å²) in [5, 5.41) is 5.76. The fourth-order valence-electron chi connectivity index (χ4n) is 1.81. The molecule has 0 aliphatic carbocycles. The van der Waals surface area contributed by atoms with E-state index in [0.29, 0.717) is 12.2 Å². The number of carbonyl (C=O) groups is 1. The Hall–Kier alpha value is -2.31. The van der Waals surface area contributed by atoms with Crippen LogP contribution in [0.15, 0.2) is 34.9 Å². The highest BCUT2D eigenvalue weighted by Crippen LogP contribution is 2.34. The number of carbonyl (C=O) groups excluding carboxylic acids is 1. The van der Waals surface area contributed by atoms with Gasteiger partial charge >= 0.3 is 6.18 Å². The number of halogens is 3. The Morgan fingerprint density at radius 2 is 2.05 bits per heavy atom. The van der Waals surface area contributed by atoms with Crippen LogP contribution >= 0.6 is 0 Å². The van der Waals surface area contributed by atoms with E-state index < -0.39 is 17.6 Å². The van der Waals surface area contributed by atoms with Crippen LogP contribution in [0.4, 0.5) is 18.9 Å². The van der Waals surface area contributed by atoms with Gasteiger partial charge in [-0.25, -0.2) is 0 Å². The molecule has 0 aliphatic rings. The van der Waals surface area contributed by atoms with Gasteiger partial charge in [-0.05, 0) is 18.6 Å². The van der Waals surface area contributed by atoms with Gasteiger partial charge in [0, 0.05) is 12.5 Å². The van der Waals surface area contributed by atoms with Crippen molar-refractivity contribution in [3.05, 3.63) is 47.3 Å². The van der Waals surface area contributed by atoms with E-state index >= 15 is 0 Å². The van der Waals surface area contributed by atoms with Crippen molar-refractivity contribution >= 4 is 11.6 Å². The van der Waals surface area contributed by atoms with Crippen molar-refractivity contribution in [1.29, 1.82) is 0 Å². The minimum absolute atomic E-state index is 0.0459. The zero-order valence-electron chi connectivity index (χ0n) is 11.2. The predicted molar refractivity (Wildman–Crippen MR) is 69.9 cm³/mol. The molecule has 1 N–H and O–H groups in total. The molecule has 0 atom stereocenters. The van der Waals surface area contributed by atoms with Crippen LogP contribution < -0.4 is 5.32 Å². The van der Waals surface area contributed by atoms with Crippen molar-refractivity contribution in [3.63, 3.8) is 0 Å². The lowest BCUT2D eigenvalue weighted by atomic mass is 10.1. The molecule has 4 nitrogen and oxygen atoms in total. The molecule has 0 radical (unpaired) electrons. The lowest BCUT2D eigenvalue weighted by Crippen LogP contribution is -2.16. The molecule has 0 bridgehead atoms. The molecule has 1 aromatic carbocycles. The SMILES string of the molecule is CCCc1cc(C(=O)Nc2ccccc2C(F)(F)F)no1. The summed E-state index contributed by atoms with van der Waals surface area (Å²) in [4.78, 5) is 11.9. The van der Waals surface area contributed by atoms with Crippen LogP contribution in [0.5, 0.6) is 0 Å². The number of aromatic nitrogens is 1. The normalized spacial score (nSPS) is 11.4. The molecule has 0 spiro atoms. The molecular weight excluding hydrogens is 285 g/mol. The Morgan fingerprint density at radius 3 is 2.71 bits per heavy atom. The van der Waals surface area contributed by atoms with E-state index in [4.69, 9.17) is 4.52 Å². The molecule has 7 heteroatoms. The summed E-state index contributed by atoms with van der Waals surface area (Å²) >= 11 is 0. The van der Waals surface area contributed by atoms with Gasteiger partial charge < -0.3 is 9.84 Å². The number of alkyl halides is 3. The molecule has 112 valence electrons. The molecule has 2 aromatic rings. The highest BCUT2D eigenvalue weighted by molar-refractivity contribution is 6.03. The molecule has 0 fully saturated rings. The first-order chi connectivity index (χ1) is 9.91. The van der Waals surface area contributed by atoms with Crippen LogP contribution in [0.3, 0.4) is 0 Å². The molecule has 1 aromatic heterocycles. The number of anilines is 1. The third-order valence-corrected chi connectivity index (χ3v) is 2.77. The van der Waals surface area contributed by atoms with E-state index in [2.05, 4.69) is 10.5 Å². The second kappa shape index (κ2) is 5.99. The van der Waals surface area contributed by atoms with E-state index in [1.165, 1.54) is 24.3 Å². The van der Waals surface area contributed by atoms with Gasteiger partial charge in [0.15, 0.2) is 5.69 Å². The number of amides is 1. The van der Waals surface area contributed by atoms with Crippen LogP contribution in [0.2, 0.25) is 0 Å². The Balaban J connectivity index is 2.19. The van der Waals surface area contributed by atoms with Crippen LogP contribution in [0, 0.1) is 0 Å². The number of rotatable bonds is 4. The number of hydrogen-bond acceptors (Lipinski definition) is 3. The Kier molecular flexibility index (Phi) is 4.30. The van der Waals surface area contributed by atoms with Gasteiger partial charge in [-0.3, -0.25) is 4.79 Å². The van der Waals surface area contributed by atoms with E-state index in [0.717, 1.165) is 12.5 Å². The first-order valence-electron chi connectivity index (χ1n) is 6.35. The number of benzene rings is 1. The monoisotopic (exact) mass is 298 g/mol. The maximum Gasteiger partial charge on any atom is 0.418 e. The van der Waals surface area contributed by atoms with Gasteiger partial charge in [-0.1, -0.05) is 24.2 Å². The molecule has 0 aliphatic heterocycles. The average molecular weight is 298 g/mol. The third-order valence-electron chi connectivity index (χ3n) is 2.77. The Morgan fingerprint density at radius 1 is 1.33 bits per heavy atom. The number of hydrogen-bond donors (Lipinski definition) is 1. The minimum Gasteiger partial charge on any atom is -0.361 e. The van der Waals surface area contributed by atoms with Gasteiger partial charge in [0.25, 0.3) is 5.91 Å². The van der Waals surface area contributed by atoms with E-state index in [1.54, 1.807) is 0 Å². The summed E-state index contributed by atoms with van der Waals surface area (Å²) < 4.78 is 43.4. The van der Waals surface area contributed by atoms with Crippen molar-refractivity contribution in [3.8, 4) is 0 Å². The van der Waals surface area contributed by atoms with Crippen molar-refractivity contribution in [2.24, 2.45) is 0 Å². The number of nitrogens with zero attached hydrogens (tertiary/aromatic N) is 1. The fourth-order valence-corrected chi connectivity index (χ4v) is 1.81. The third kappa shape index (κ3) is 3.62. The predicted octanol–water partition coefficient (Wildman–Crippen LogP) is 3.90. The van der Waals surface area contributed by atoms with Gasteiger partial charge in [-0.2, -0.15) is 13.2 Å². The van der Waals surface area contributed by atoms with Gasteiger partial charge in [0.05, 0.1) is 11.3 Å². The van der Waals surface area contributed by atoms with Crippen LogP contribution in [0.25, 0.3) is 0 Å². The zero-order valence-corrected chi connectivity index (χ0v) is 11.2. The van der Waals surface area contributed by atoms with Crippen molar-refractivity contribution < 1.29 is 22.5 Å². The molecule has 0 unspecified atom stereocenters. The molecule has 1 amide bonds. The van der Waals surface area contributed by atoms with Crippen molar-refractivity contribution in [1.82, 2.24) is 5.16 Å². The van der Waals surface area contributed by atoms with Crippen LogP contribution in [-0.2, 0) is 12.6 Å². The minimum atomic E-state index is -4.54. The van der Waals surface area contributed by atoms with Gasteiger partial charge in [0.2, 0.25) is 0 Å². The van der Waals surface area contributed by atoms with Gasteiger partial charge in [0.1, 0.15) is 5.76 Å². The molecule has 0 saturated heterocycles. The number of para-hydroxylation sites is 1. The van der Waals surface area contributed by atoms with Gasteiger partial charge in [-0.15, -0.1) is 0 Å². The second-order valence-corrected chi connectivity index (χ2v) is 4.43. The smallest absolute Gasteiger partial charge is 0.361 e. The molecular formula is C14H13F3N2O2. The zero-order chi connectivity index (χ0) is 15.5. The van der Waals surface area contributed by atoms with E-state index in [-0.39, 0.29) is 11.4 Å². The standard InChI is InChI=1S/C14H13F3N2O2/c1-2-5-9-8-12(19-21-9)13(20)18-11-7-4-3-6-10(11)14(15,16)17/h3-4,6-8H,2,5H2,1H3,(H,18,20). The van der Waals surface area contributed by atoms with E-state index in [1.807, 2.05) is 6.92 Å². The molecule has 0 saturated carbocycles. The molecule has 2 rings (SSSR count). The van der Waals surface area contributed by atoms with Crippen LogP contribution in [0.1, 0.15) is 35.2 Å². The Labute approximate surface area is 118 Å². The number of aryl methyl sites for hydroxylation is 1.